The lowest BCUT2D eigenvalue weighted by atomic mass is 10.1. The van der Waals surface area contributed by atoms with Crippen molar-refractivity contribution >= 4 is 22.6 Å². The summed E-state index contributed by atoms with van der Waals surface area (Å²) >= 11 is 0. The molecule has 120 valence electrons. The Balaban J connectivity index is 1.71. The number of rotatable bonds is 3. The minimum atomic E-state index is 0.00586. The van der Waals surface area contributed by atoms with Crippen molar-refractivity contribution in [2.75, 3.05) is 39.8 Å². The Bertz CT molecular complexity index is 718. The normalized spacial score (nSPS) is 15.6. The van der Waals surface area contributed by atoms with E-state index in [4.69, 9.17) is 0 Å². The van der Waals surface area contributed by atoms with E-state index < -0.39 is 0 Å². The molecule has 1 aromatic carbocycles. The van der Waals surface area contributed by atoms with Gasteiger partial charge in [-0.25, -0.2) is 0 Å². The molecule has 0 saturated carbocycles. The van der Waals surface area contributed by atoms with Crippen LogP contribution < -0.4 is 5.32 Å². The van der Waals surface area contributed by atoms with Gasteiger partial charge in [-0.3, -0.25) is 19.5 Å². The molecule has 1 aliphatic rings. The molecule has 0 bridgehead atoms. The molecule has 2 amide bonds. The van der Waals surface area contributed by atoms with Crippen LogP contribution in [0, 0.1) is 0 Å². The number of piperazine rings is 1. The Morgan fingerprint density at radius 3 is 2.70 bits per heavy atom. The highest BCUT2D eigenvalue weighted by molar-refractivity contribution is 6.06. The van der Waals surface area contributed by atoms with Crippen molar-refractivity contribution in [1.82, 2.24) is 20.1 Å². The van der Waals surface area contributed by atoms with E-state index >= 15 is 0 Å². The molecule has 1 N–H and O–H groups in total. The third-order valence-electron chi connectivity index (χ3n) is 4.22. The number of likely N-dealkylation sites (N-methyl/N-ethyl adjacent to an activating group) is 1. The average Bonchev–Trinajstić information content (AvgIpc) is 2.61. The number of carbonyl (C=O) groups is 2. The zero-order chi connectivity index (χ0) is 16.2. The third kappa shape index (κ3) is 3.32. The first kappa shape index (κ1) is 15.4. The van der Waals surface area contributed by atoms with Crippen molar-refractivity contribution in [3.05, 3.63) is 42.2 Å². The van der Waals surface area contributed by atoms with Crippen LogP contribution in [0.1, 0.15) is 10.4 Å². The van der Waals surface area contributed by atoms with Gasteiger partial charge in [0.1, 0.15) is 0 Å². The second kappa shape index (κ2) is 6.75. The van der Waals surface area contributed by atoms with Gasteiger partial charge < -0.3 is 10.2 Å². The van der Waals surface area contributed by atoms with Crippen molar-refractivity contribution in [2.45, 2.75) is 0 Å². The van der Waals surface area contributed by atoms with E-state index in [2.05, 4.69) is 15.2 Å². The summed E-state index contributed by atoms with van der Waals surface area (Å²) in [6, 6.07) is 7.59. The predicted octanol–water partition coefficient (Wildman–Crippen LogP) is 0.739. The lowest BCUT2D eigenvalue weighted by Gasteiger charge is -2.34. The van der Waals surface area contributed by atoms with Crippen LogP contribution in [0.5, 0.6) is 0 Å². The Hall–Kier alpha value is -2.47. The van der Waals surface area contributed by atoms with Crippen LogP contribution in [0.3, 0.4) is 0 Å². The molecule has 2 aromatic rings. The maximum atomic E-state index is 12.8. The molecule has 1 aromatic heterocycles. The molecule has 3 rings (SSSR count). The van der Waals surface area contributed by atoms with E-state index in [1.165, 1.54) is 0 Å². The van der Waals surface area contributed by atoms with E-state index in [-0.39, 0.29) is 11.8 Å². The van der Waals surface area contributed by atoms with Gasteiger partial charge in [-0.1, -0.05) is 12.1 Å². The number of amides is 2. The van der Waals surface area contributed by atoms with Gasteiger partial charge in [0.25, 0.3) is 5.91 Å². The van der Waals surface area contributed by atoms with Gasteiger partial charge >= 0.3 is 0 Å². The number of pyridine rings is 1. The fourth-order valence-electron chi connectivity index (χ4n) is 2.87. The Kier molecular flexibility index (Phi) is 4.52. The number of hydrogen-bond donors (Lipinski definition) is 1. The number of benzene rings is 1. The molecule has 1 saturated heterocycles. The smallest absolute Gasteiger partial charge is 0.254 e. The van der Waals surface area contributed by atoms with Crippen molar-refractivity contribution in [3.8, 4) is 0 Å². The van der Waals surface area contributed by atoms with E-state index in [9.17, 15) is 9.59 Å². The second-order valence-electron chi connectivity index (χ2n) is 5.64. The predicted molar refractivity (Wildman–Crippen MR) is 88.2 cm³/mol. The minimum absolute atomic E-state index is 0.00586. The van der Waals surface area contributed by atoms with E-state index in [1.807, 2.05) is 29.2 Å². The molecule has 1 aliphatic heterocycles. The summed E-state index contributed by atoms with van der Waals surface area (Å²) in [4.78, 5) is 32.3. The number of nitrogens with one attached hydrogen (secondary N) is 1. The average molecular weight is 312 g/mol. The summed E-state index contributed by atoms with van der Waals surface area (Å²) in [5.74, 6) is 0.0488. The molecule has 1 fully saturated rings. The van der Waals surface area contributed by atoms with Crippen LogP contribution in [0.4, 0.5) is 0 Å². The Labute approximate surface area is 135 Å². The van der Waals surface area contributed by atoms with Crippen LogP contribution in [0.25, 0.3) is 10.8 Å². The van der Waals surface area contributed by atoms with Crippen LogP contribution in [0.15, 0.2) is 36.7 Å². The Morgan fingerprint density at radius 2 is 1.96 bits per heavy atom. The molecule has 6 heteroatoms. The van der Waals surface area contributed by atoms with Crippen LogP contribution >= 0.6 is 0 Å². The molecule has 23 heavy (non-hydrogen) atoms. The molecule has 0 radical (unpaired) electrons. The lowest BCUT2D eigenvalue weighted by Crippen LogP contribution is -2.50. The summed E-state index contributed by atoms with van der Waals surface area (Å²) in [5.41, 5.74) is 0.713. The fourth-order valence-corrected chi connectivity index (χ4v) is 2.87. The lowest BCUT2D eigenvalue weighted by molar-refractivity contribution is -0.122. The van der Waals surface area contributed by atoms with Gasteiger partial charge in [-0.2, -0.15) is 0 Å². The van der Waals surface area contributed by atoms with Gasteiger partial charge in [-0.15, -0.1) is 0 Å². The van der Waals surface area contributed by atoms with Gasteiger partial charge in [0, 0.05) is 56.6 Å². The third-order valence-corrected chi connectivity index (χ3v) is 4.22. The first-order valence-electron chi connectivity index (χ1n) is 7.74. The summed E-state index contributed by atoms with van der Waals surface area (Å²) in [6.45, 7) is 3.09. The van der Waals surface area contributed by atoms with Crippen molar-refractivity contribution < 1.29 is 9.59 Å². The van der Waals surface area contributed by atoms with Gasteiger partial charge in [0.15, 0.2) is 0 Å². The molecule has 2 heterocycles. The molecule has 0 unspecified atom stereocenters. The van der Waals surface area contributed by atoms with E-state index in [0.717, 1.165) is 10.8 Å². The number of aromatic nitrogens is 1. The number of nitrogens with zero attached hydrogens (tertiary/aromatic N) is 3. The highest BCUT2D eigenvalue weighted by Gasteiger charge is 2.24. The zero-order valence-corrected chi connectivity index (χ0v) is 13.2. The largest absolute Gasteiger partial charge is 0.358 e. The monoisotopic (exact) mass is 312 g/mol. The quantitative estimate of drug-likeness (QED) is 0.908. The van der Waals surface area contributed by atoms with E-state index in [1.54, 1.807) is 19.4 Å². The van der Waals surface area contributed by atoms with Crippen LogP contribution in [-0.4, -0.2) is 66.4 Å². The summed E-state index contributed by atoms with van der Waals surface area (Å²) in [7, 11) is 1.64. The van der Waals surface area contributed by atoms with Crippen LogP contribution in [-0.2, 0) is 4.79 Å². The number of hydrogen-bond acceptors (Lipinski definition) is 4. The summed E-state index contributed by atoms with van der Waals surface area (Å²) < 4.78 is 0. The molecule has 0 aliphatic carbocycles. The maximum Gasteiger partial charge on any atom is 0.254 e. The standard InChI is InChI=1S/C17H20N4O2/c1-18-16(22)12-20-7-9-21(10-8-20)17(23)15-4-2-3-13-11-19-6-5-14(13)15/h2-6,11H,7-10,12H2,1H3,(H,18,22). The Morgan fingerprint density at radius 1 is 1.17 bits per heavy atom. The van der Waals surface area contributed by atoms with Gasteiger partial charge in [0.05, 0.1) is 6.54 Å². The molecule has 0 spiro atoms. The van der Waals surface area contributed by atoms with Crippen molar-refractivity contribution in [3.63, 3.8) is 0 Å². The molecule has 0 atom stereocenters. The SMILES string of the molecule is CNC(=O)CN1CCN(C(=O)c2cccc3cnccc23)CC1. The molecule has 6 nitrogen and oxygen atoms in total. The molecular formula is C17H20N4O2. The highest BCUT2D eigenvalue weighted by atomic mass is 16.2. The number of carbonyl (C=O) groups excluding carboxylic acids is 2. The highest BCUT2D eigenvalue weighted by Crippen LogP contribution is 2.19. The summed E-state index contributed by atoms with van der Waals surface area (Å²) in [6.07, 6.45) is 3.48. The van der Waals surface area contributed by atoms with Gasteiger partial charge in [-0.05, 0) is 17.5 Å². The van der Waals surface area contributed by atoms with Crippen LogP contribution in [0.2, 0.25) is 0 Å². The van der Waals surface area contributed by atoms with Crippen molar-refractivity contribution in [1.29, 1.82) is 0 Å². The topological polar surface area (TPSA) is 65.5 Å². The zero-order valence-electron chi connectivity index (χ0n) is 13.2. The minimum Gasteiger partial charge on any atom is -0.358 e. The fraction of sp³-hybridized carbons (Fsp3) is 0.353. The maximum absolute atomic E-state index is 12.8. The summed E-state index contributed by atoms with van der Waals surface area (Å²) in [5, 5.41) is 4.53. The second-order valence-corrected chi connectivity index (χ2v) is 5.64. The van der Waals surface area contributed by atoms with Crippen molar-refractivity contribution in [2.24, 2.45) is 0 Å². The van der Waals surface area contributed by atoms with E-state index in [0.29, 0.717) is 38.3 Å². The molecular weight excluding hydrogens is 292 g/mol. The first-order chi connectivity index (χ1) is 11.2. The van der Waals surface area contributed by atoms with Gasteiger partial charge in [0.2, 0.25) is 5.91 Å². The first-order valence-corrected chi connectivity index (χ1v) is 7.74. The number of fused-ring (bicyclic) bond motifs is 1.